The Balaban J connectivity index is 1.00. The van der Waals surface area contributed by atoms with Crippen molar-refractivity contribution in [3.63, 3.8) is 0 Å². The van der Waals surface area contributed by atoms with E-state index in [0.717, 1.165) is 88.8 Å². The molecule has 2 fully saturated rings. The van der Waals surface area contributed by atoms with Gasteiger partial charge in [-0.15, -0.1) is 0 Å². The quantitative estimate of drug-likeness (QED) is 0.182. The van der Waals surface area contributed by atoms with E-state index in [9.17, 15) is 9.59 Å². The van der Waals surface area contributed by atoms with Crippen LogP contribution in [-0.4, -0.2) is 61.8 Å². The number of fused-ring (bicyclic) bond motifs is 1. The molecule has 3 aliphatic rings. The number of nitrogens with one attached hydrogen (secondary N) is 2. The minimum atomic E-state index is -0.546. The minimum absolute atomic E-state index is 0.132. The van der Waals surface area contributed by atoms with Crippen LogP contribution in [0.15, 0.2) is 84.8 Å². The summed E-state index contributed by atoms with van der Waals surface area (Å²) in [7, 11) is 0. The smallest absolute Gasteiger partial charge is 0.411 e. The maximum atomic E-state index is 13.0. The molecule has 2 amide bonds. The Morgan fingerprint density at radius 3 is 2.26 bits per heavy atom. The highest BCUT2D eigenvalue weighted by Crippen LogP contribution is 2.46. The molecule has 1 spiro atoms. The monoisotopic (exact) mass is 716 g/mol. The number of imidazole rings is 1. The van der Waals surface area contributed by atoms with Gasteiger partial charge < -0.3 is 25.5 Å². The molecule has 0 saturated carbocycles. The zero-order chi connectivity index (χ0) is 37.5. The van der Waals surface area contributed by atoms with E-state index in [2.05, 4.69) is 71.0 Å². The van der Waals surface area contributed by atoms with E-state index >= 15 is 0 Å². The van der Waals surface area contributed by atoms with Crippen molar-refractivity contribution in [2.24, 2.45) is 5.73 Å². The number of nitrogens with zero attached hydrogens (tertiary/aromatic N) is 3. The third-order valence-corrected chi connectivity index (χ3v) is 10.2. The number of piperidine rings is 2. The fourth-order valence-electron chi connectivity index (χ4n) is 7.46. The molecule has 278 valence electrons. The fraction of sp³-hybridized carbons (Fsp3) is 0.419. The summed E-state index contributed by atoms with van der Waals surface area (Å²) < 4.78 is 11.4. The molecule has 53 heavy (non-hydrogen) atoms. The van der Waals surface area contributed by atoms with Crippen molar-refractivity contribution >= 4 is 28.7 Å². The van der Waals surface area contributed by atoms with Crippen molar-refractivity contribution in [2.45, 2.75) is 103 Å². The van der Waals surface area contributed by atoms with Gasteiger partial charge in [0.2, 0.25) is 0 Å². The minimum Gasteiger partial charge on any atom is -0.444 e. The Labute approximate surface area is 312 Å². The van der Waals surface area contributed by atoms with Gasteiger partial charge in [-0.05, 0) is 131 Å². The number of carbonyl (C=O) groups excluding carboxylic acids is 2. The first-order valence-electron chi connectivity index (χ1n) is 18.8. The van der Waals surface area contributed by atoms with E-state index < -0.39 is 16.7 Å². The number of nitrogens with two attached hydrogens (primary N) is 1. The standard InChI is InChI=1S/C43H52N6O4/c1-41(2,3)52-39(50)48-21-9-7-11-36(48)38-46-27-35(47-38)29-14-12-28(13-15-29)30-16-17-32-24-33(19-18-31(32)23-30)34(44)26-45-37-25-43(37)20-8-10-22-49(43)40(51)53-42(4,5)6/h12-19,23-27,36,45H,7-11,20-22,44H2,1-6H3,(H,46,47)/b34-26-/t36-,43?/m0/s1. The summed E-state index contributed by atoms with van der Waals surface area (Å²) in [5.74, 6) is 0.789. The number of H-pyrrole nitrogens is 1. The molecular formula is C43H52N6O4. The Morgan fingerprint density at radius 2 is 1.51 bits per heavy atom. The van der Waals surface area contributed by atoms with Crippen molar-refractivity contribution in [1.82, 2.24) is 25.1 Å². The molecule has 2 atom stereocenters. The first kappa shape index (κ1) is 36.1. The average molecular weight is 717 g/mol. The maximum absolute atomic E-state index is 13.0. The number of benzene rings is 3. The van der Waals surface area contributed by atoms with Gasteiger partial charge in [0.05, 0.1) is 23.6 Å². The van der Waals surface area contributed by atoms with Gasteiger partial charge in [-0.2, -0.15) is 0 Å². The molecule has 4 aromatic rings. The van der Waals surface area contributed by atoms with Gasteiger partial charge >= 0.3 is 12.2 Å². The molecule has 0 bridgehead atoms. The Kier molecular flexibility index (Phi) is 9.51. The van der Waals surface area contributed by atoms with Crippen molar-refractivity contribution in [3.05, 3.63) is 96.2 Å². The lowest BCUT2D eigenvalue weighted by atomic mass is 9.97. The van der Waals surface area contributed by atoms with Crippen LogP contribution in [0.2, 0.25) is 0 Å². The summed E-state index contributed by atoms with van der Waals surface area (Å²) in [6.45, 7) is 12.7. The second kappa shape index (κ2) is 14.0. The number of carbonyl (C=O) groups is 2. The van der Waals surface area contributed by atoms with Crippen molar-refractivity contribution in [1.29, 1.82) is 0 Å². The summed E-state index contributed by atoms with van der Waals surface area (Å²) in [4.78, 5) is 37.8. The Hall–Kier alpha value is -5.25. The van der Waals surface area contributed by atoms with E-state index in [4.69, 9.17) is 20.2 Å². The van der Waals surface area contributed by atoms with Crippen LogP contribution in [0.3, 0.4) is 0 Å². The Morgan fingerprint density at radius 1 is 0.849 bits per heavy atom. The van der Waals surface area contributed by atoms with Gasteiger partial charge in [0.1, 0.15) is 22.6 Å². The number of hydrogen-bond acceptors (Lipinski definition) is 7. The van der Waals surface area contributed by atoms with Crippen LogP contribution in [0.5, 0.6) is 0 Å². The van der Waals surface area contributed by atoms with Crippen LogP contribution in [0.1, 0.15) is 97.5 Å². The third-order valence-electron chi connectivity index (χ3n) is 10.2. The van der Waals surface area contributed by atoms with E-state index in [-0.39, 0.29) is 18.2 Å². The SMILES string of the molecule is CC(C)(C)OC(=O)N1CCCC[C@H]1c1ncc(-c2ccc(-c3ccc4cc(/C(N)=C/NC5=CC56CCCCN6C(=O)OC(C)(C)C)ccc4c3)cc2)[nH]1. The van der Waals surface area contributed by atoms with Gasteiger partial charge in [0.15, 0.2) is 0 Å². The summed E-state index contributed by atoms with van der Waals surface area (Å²) >= 11 is 0. The Bertz CT molecular complexity index is 2070. The number of rotatable bonds is 6. The predicted octanol–water partition coefficient (Wildman–Crippen LogP) is 9.26. The number of hydrogen-bond donors (Lipinski definition) is 3. The summed E-state index contributed by atoms with van der Waals surface area (Å²) in [6.07, 6.45) is 11.0. The number of ether oxygens (including phenoxy) is 2. The topological polar surface area (TPSA) is 126 Å². The third kappa shape index (κ3) is 7.92. The largest absolute Gasteiger partial charge is 0.444 e. The molecule has 10 nitrogen and oxygen atoms in total. The van der Waals surface area contributed by atoms with Gasteiger partial charge in [0.25, 0.3) is 0 Å². The molecular weight excluding hydrogens is 665 g/mol. The first-order chi connectivity index (χ1) is 25.2. The molecule has 1 aliphatic carbocycles. The molecule has 2 aliphatic heterocycles. The second-order valence-electron chi connectivity index (χ2n) is 16.5. The molecule has 2 saturated heterocycles. The van der Waals surface area contributed by atoms with E-state index in [1.54, 1.807) is 0 Å². The van der Waals surface area contributed by atoms with Crippen molar-refractivity contribution in [3.8, 4) is 22.4 Å². The number of likely N-dealkylation sites (tertiary alicyclic amines) is 2. The van der Waals surface area contributed by atoms with Gasteiger partial charge in [-0.25, -0.2) is 14.6 Å². The first-order valence-corrected chi connectivity index (χ1v) is 18.8. The molecule has 10 heteroatoms. The van der Waals surface area contributed by atoms with Crippen LogP contribution in [0, 0.1) is 0 Å². The van der Waals surface area contributed by atoms with E-state index in [1.165, 1.54) is 0 Å². The highest BCUT2D eigenvalue weighted by Gasteiger charge is 2.53. The second-order valence-corrected chi connectivity index (χ2v) is 16.5. The van der Waals surface area contributed by atoms with Crippen molar-refractivity contribution < 1.29 is 19.1 Å². The fourth-order valence-corrected chi connectivity index (χ4v) is 7.46. The average Bonchev–Trinajstić information content (AvgIpc) is 3.55. The molecule has 3 heterocycles. The van der Waals surface area contributed by atoms with Crippen LogP contribution >= 0.6 is 0 Å². The van der Waals surface area contributed by atoms with E-state index in [1.807, 2.05) is 69.8 Å². The lowest BCUT2D eigenvalue weighted by Gasteiger charge is -2.38. The van der Waals surface area contributed by atoms with Crippen LogP contribution < -0.4 is 11.1 Å². The highest BCUT2D eigenvalue weighted by atomic mass is 16.6. The van der Waals surface area contributed by atoms with Gasteiger partial charge in [-0.1, -0.05) is 48.5 Å². The number of aromatic amines is 1. The van der Waals surface area contributed by atoms with Crippen LogP contribution in [-0.2, 0) is 9.47 Å². The molecule has 0 radical (unpaired) electrons. The predicted molar refractivity (Wildman–Crippen MR) is 209 cm³/mol. The summed E-state index contributed by atoms with van der Waals surface area (Å²) in [5.41, 5.74) is 11.8. The molecule has 7 rings (SSSR count). The molecule has 1 aromatic heterocycles. The number of amides is 2. The molecule has 4 N–H and O–H groups in total. The molecule has 1 unspecified atom stereocenters. The summed E-state index contributed by atoms with van der Waals surface area (Å²) in [6, 6.07) is 21.0. The van der Waals surface area contributed by atoms with E-state index in [0.29, 0.717) is 18.8 Å². The lowest BCUT2D eigenvalue weighted by Crippen LogP contribution is -2.50. The zero-order valence-corrected chi connectivity index (χ0v) is 31.8. The number of aromatic nitrogens is 2. The van der Waals surface area contributed by atoms with Gasteiger partial charge in [-0.3, -0.25) is 9.80 Å². The normalized spacial score (nSPS) is 20.7. The lowest BCUT2D eigenvalue weighted by molar-refractivity contribution is 0.00738. The highest BCUT2D eigenvalue weighted by molar-refractivity contribution is 5.90. The van der Waals surface area contributed by atoms with Crippen LogP contribution in [0.25, 0.3) is 38.9 Å². The zero-order valence-electron chi connectivity index (χ0n) is 31.8. The summed E-state index contributed by atoms with van der Waals surface area (Å²) in [5, 5.41) is 5.60. The van der Waals surface area contributed by atoms with Crippen LogP contribution in [0.4, 0.5) is 9.59 Å². The van der Waals surface area contributed by atoms with Crippen molar-refractivity contribution in [2.75, 3.05) is 13.1 Å². The van der Waals surface area contributed by atoms with Gasteiger partial charge in [0, 0.05) is 25.0 Å². The maximum Gasteiger partial charge on any atom is 0.411 e. The molecule has 3 aromatic carbocycles.